The maximum absolute atomic E-state index is 13.4. The second-order valence-electron chi connectivity index (χ2n) is 7.75. The average molecular weight is 444 g/mol. The maximum Gasteiger partial charge on any atom is 0.413 e. The van der Waals surface area contributed by atoms with E-state index in [4.69, 9.17) is 9.15 Å². The molecule has 1 aromatic heterocycles. The highest BCUT2D eigenvalue weighted by Gasteiger charge is 2.35. The number of hydrogen-bond acceptors (Lipinski definition) is 4. The van der Waals surface area contributed by atoms with E-state index >= 15 is 0 Å². The molecule has 0 unspecified atom stereocenters. The maximum atomic E-state index is 13.4. The number of methoxy groups -OCH3 is 1. The van der Waals surface area contributed by atoms with Crippen LogP contribution in [0.25, 0.3) is 22.1 Å². The predicted octanol–water partition coefficient (Wildman–Crippen LogP) is 5.09. The molecule has 1 aliphatic heterocycles. The van der Waals surface area contributed by atoms with Gasteiger partial charge < -0.3 is 19.2 Å². The Labute approximate surface area is 182 Å². The summed E-state index contributed by atoms with van der Waals surface area (Å²) in [5.41, 5.74) is 2.45. The van der Waals surface area contributed by atoms with Crippen LogP contribution in [0.2, 0.25) is 0 Å². The summed E-state index contributed by atoms with van der Waals surface area (Å²) in [6.45, 7) is 0.0735. The van der Waals surface area contributed by atoms with Gasteiger partial charge in [0.15, 0.2) is 11.3 Å². The highest BCUT2D eigenvalue weighted by molar-refractivity contribution is 5.96. The molecule has 1 N–H and O–H groups in total. The fourth-order valence-corrected chi connectivity index (χ4v) is 3.71. The third kappa shape index (κ3) is 4.10. The smallest absolute Gasteiger partial charge is 0.413 e. The lowest BCUT2D eigenvalue weighted by Crippen LogP contribution is -2.42. The number of carbonyl (C=O) groups excluding carboxylic acids is 1. The molecule has 0 saturated carbocycles. The Balaban J connectivity index is 1.60. The summed E-state index contributed by atoms with van der Waals surface area (Å²) < 4.78 is 37.8. The largest absolute Gasteiger partial charge is 0.493 e. The summed E-state index contributed by atoms with van der Waals surface area (Å²) in [7, 11) is 2.87. The van der Waals surface area contributed by atoms with E-state index in [-0.39, 0.29) is 37.7 Å². The molecule has 0 radical (unpaired) electrons. The minimum atomic E-state index is -2.70. The molecule has 9 heteroatoms. The standard InChI is InChI=1S/C23H22F2N2O5/c1-26(22(29)30)19-13-17-11-16(12-18(31-2)20(17)32-19)14-3-5-15(6-4-14)21(28)27-9-7-23(24,25)8-10-27/h3-6,11-13H,7-10H2,1-2H3,(H,29,30). The van der Waals surface area contributed by atoms with E-state index in [1.54, 1.807) is 36.4 Å². The van der Waals surface area contributed by atoms with Crippen molar-refractivity contribution in [1.82, 2.24) is 4.90 Å². The minimum Gasteiger partial charge on any atom is -0.493 e. The predicted molar refractivity (Wildman–Crippen MR) is 115 cm³/mol. The van der Waals surface area contributed by atoms with Crippen LogP contribution in [0.4, 0.5) is 19.5 Å². The third-order valence-electron chi connectivity index (χ3n) is 5.65. The number of furan rings is 1. The quantitative estimate of drug-likeness (QED) is 0.606. The number of likely N-dealkylation sites (tertiary alicyclic amines) is 1. The van der Waals surface area contributed by atoms with Crippen LogP contribution in [0, 0.1) is 0 Å². The van der Waals surface area contributed by atoms with Crippen molar-refractivity contribution in [1.29, 1.82) is 0 Å². The molecule has 1 aliphatic rings. The van der Waals surface area contributed by atoms with Crippen LogP contribution < -0.4 is 9.64 Å². The van der Waals surface area contributed by atoms with Crippen molar-refractivity contribution in [3.63, 3.8) is 0 Å². The summed E-state index contributed by atoms with van der Waals surface area (Å²) in [6.07, 6.45) is -1.79. The molecule has 0 spiro atoms. The van der Waals surface area contributed by atoms with Gasteiger partial charge in [-0.3, -0.25) is 9.69 Å². The molecule has 2 amide bonds. The first-order chi connectivity index (χ1) is 15.2. The summed E-state index contributed by atoms with van der Waals surface area (Å²) in [6, 6.07) is 12.1. The molecule has 7 nitrogen and oxygen atoms in total. The number of hydrogen-bond donors (Lipinski definition) is 1. The summed E-state index contributed by atoms with van der Waals surface area (Å²) in [4.78, 5) is 26.3. The normalized spacial score (nSPS) is 15.6. The fourth-order valence-electron chi connectivity index (χ4n) is 3.71. The Morgan fingerprint density at radius 1 is 1.09 bits per heavy atom. The van der Waals surface area contributed by atoms with E-state index < -0.39 is 12.0 Å². The van der Waals surface area contributed by atoms with Crippen LogP contribution in [-0.2, 0) is 0 Å². The van der Waals surface area contributed by atoms with Gasteiger partial charge in [0.2, 0.25) is 5.88 Å². The Morgan fingerprint density at radius 3 is 2.34 bits per heavy atom. The number of benzene rings is 2. The number of halogens is 2. The molecule has 2 heterocycles. The first kappa shape index (κ1) is 21.6. The second-order valence-corrected chi connectivity index (χ2v) is 7.75. The van der Waals surface area contributed by atoms with Crippen LogP contribution in [0.1, 0.15) is 23.2 Å². The van der Waals surface area contributed by atoms with E-state index in [9.17, 15) is 23.5 Å². The Bertz CT molecular complexity index is 1160. The lowest BCUT2D eigenvalue weighted by Gasteiger charge is -2.31. The van der Waals surface area contributed by atoms with Gasteiger partial charge in [0.25, 0.3) is 11.8 Å². The number of carbonyl (C=O) groups is 2. The van der Waals surface area contributed by atoms with Crippen molar-refractivity contribution in [2.75, 3.05) is 32.1 Å². The van der Waals surface area contributed by atoms with Gasteiger partial charge in [0.1, 0.15) is 0 Å². The Hall–Kier alpha value is -3.62. The Kier molecular flexibility index (Phi) is 5.50. The van der Waals surface area contributed by atoms with Crippen molar-refractivity contribution in [2.45, 2.75) is 18.8 Å². The zero-order valence-corrected chi connectivity index (χ0v) is 17.6. The highest BCUT2D eigenvalue weighted by Crippen LogP contribution is 2.37. The summed E-state index contributed by atoms with van der Waals surface area (Å²) in [5.74, 6) is -2.37. The van der Waals surface area contributed by atoms with E-state index in [2.05, 4.69) is 0 Å². The molecular formula is C23H22F2N2O5. The number of piperidine rings is 1. The average Bonchev–Trinajstić information content (AvgIpc) is 3.21. The molecular weight excluding hydrogens is 422 g/mol. The number of anilines is 1. The van der Waals surface area contributed by atoms with Crippen molar-refractivity contribution >= 4 is 28.9 Å². The lowest BCUT2D eigenvalue weighted by molar-refractivity contribution is -0.0494. The minimum absolute atomic E-state index is 0.0368. The second kappa shape index (κ2) is 8.14. The number of ether oxygens (including phenoxy) is 1. The Morgan fingerprint density at radius 2 is 1.75 bits per heavy atom. The van der Waals surface area contributed by atoms with E-state index in [0.717, 1.165) is 16.0 Å². The molecule has 32 heavy (non-hydrogen) atoms. The third-order valence-corrected chi connectivity index (χ3v) is 5.65. The highest BCUT2D eigenvalue weighted by atomic mass is 19.3. The van der Waals surface area contributed by atoms with Gasteiger partial charge in [-0.25, -0.2) is 13.6 Å². The summed E-state index contributed by atoms with van der Waals surface area (Å²) in [5, 5.41) is 9.84. The number of carboxylic acid groups (broad SMARTS) is 1. The van der Waals surface area contributed by atoms with Crippen molar-refractivity contribution in [3.8, 4) is 16.9 Å². The van der Waals surface area contributed by atoms with E-state index in [1.807, 2.05) is 6.07 Å². The van der Waals surface area contributed by atoms with E-state index in [0.29, 0.717) is 22.3 Å². The van der Waals surface area contributed by atoms with Crippen molar-refractivity contribution in [3.05, 3.63) is 48.0 Å². The molecule has 1 fully saturated rings. The van der Waals surface area contributed by atoms with Crippen LogP contribution >= 0.6 is 0 Å². The van der Waals surface area contributed by atoms with Crippen molar-refractivity contribution in [2.24, 2.45) is 0 Å². The molecule has 0 aliphatic carbocycles. The first-order valence-corrected chi connectivity index (χ1v) is 10.0. The van der Waals surface area contributed by atoms with Crippen molar-refractivity contribution < 1.29 is 32.6 Å². The zero-order valence-electron chi connectivity index (χ0n) is 17.6. The topological polar surface area (TPSA) is 83.2 Å². The van der Waals surface area contributed by atoms with Gasteiger partial charge >= 0.3 is 6.09 Å². The molecule has 0 bridgehead atoms. The van der Waals surface area contributed by atoms with Gasteiger partial charge in [-0.15, -0.1) is 0 Å². The molecule has 1 saturated heterocycles. The lowest BCUT2D eigenvalue weighted by atomic mass is 10.0. The van der Waals surface area contributed by atoms with Gasteiger partial charge in [0.05, 0.1) is 7.11 Å². The number of fused-ring (bicyclic) bond motifs is 1. The SMILES string of the molecule is COc1cc(-c2ccc(C(=O)N3CCC(F)(F)CC3)cc2)cc2cc(N(C)C(=O)O)oc12. The molecule has 2 aromatic carbocycles. The van der Waals surface area contributed by atoms with Crippen LogP contribution in [0.3, 0.4) is 0 Å². The number of rotatable bonds is 4. The molecule has 4 rings (SSSR count). The number of amides is 2. The number of nitrogens with zero attached hydrogens (tertiary/aromatic N) is 2. The molecule has 0 atom stereocenters. The van der Waals surface area contributed by atoms with Gasteiger partial charge in [0, 0.05) is 50.0 Å². The van der Waals surface area contributed by atoms with Crippen LogP contribution in [0.15, 0.2) is 46.9 Å². The van der Waals surface area contributed by atoms with Gasteiger partial charge in [-0.05, 0) is 35.4 Å². The number of alkyl halides is 2. The van der Waals surface area contributed by atoms with Crippen LogP contribution in [0.5, 0.6) is 5.75 Å². The monoisotopic (exact) mass is 444 g/mol. The molecule has 168 valence electrons. The zero-order chi connectivity index (χ0) is 23.0. The van der Waals surface area contributed by atoms with E-state index in [1.165, 1.54) is 19.1 Å². The van der Waals surface area contributed by atoms with Gasteiger partial charge in [-0.1, -0.05) is 12.1 Å². The van der Waals surface area contributed by atoms with Crippen LogP contribution in [-0.4, -0.2) is 55.2 Å². The fraction of sp³-hybridized carbons (Fsp3) is 0.304. The summed E-state index contributed by atoms with van der Waals surface area (Å²) >= 11 is 0. The first-order valence-electron chi connectivity index (χ1n) is 10.0. The van der Waals surface area contributed by atoms with Gasteiger partial charge in [-0.2, -0.15) is 0 Å². The molecule has 3 aromatic rings.